The molecule has 0 amide bonds. The first-order valence-corrected chi connectivity index (χ1v) is 6.66. The van der Waals surface area contributed by atoms with E-state index >= 15 is 0 Å². The third kappa shape index (κ3) is 2.81. The molecule has 0 saturated heterocycles. The normalized spacial score (nSPS) is 13.6. The van der Waals surface area contributed by atoms with E-state index in [9.17, 15) is 0 Å². The van der Waals surface area contributed by atoms with Gasteiger partial charge in [-0.3, -0.25) is 0 Å². The lowest BCUT2D eigenvalue weighted by Gasteiger charge is -2.21. The molecule has 1 aromatic heterocycles. The lowest BCUT2D eigenvalue weighted by molar-refractivity contribution is 0.427. The van der Waals surface area contributed by atoms with Crippen LogP contribution in [-0.4, -0.2) is 6.54 Å². The van der Waals surface area contributed by atoms with Gasteiger partial charge in [-0.05, 0) is 41.4 Å². The summed E-state index contributed by atoms with van der Waals surface area (Å²) in [6.07, 6.45) is 0. The zero-order chi connectivity index (χ0) is 10.7. The SMILES string of the molecule is CCNC(c1sc(C)cc1Br)C(C)C. The lowest BCUT2D eigenvalue weighted by Crippen LogP contribution is -2.24. The van der Waals surface area contributed by atoms with Crippen molar-refractivity contribution in [3.63, 3.8) is 0 Å². The molecule has 0 radical (unpaired) electrons. The standard InChI is InChI=1S/C11H18BrNS/c1-5-13-10(7(2)3)11-9(12)6-8(4)14-11/h6-7,10,13H,5H2,1-4H3. The van der Waals surface area contributed by atoms with Gasteiger partial charge in [0.2, 0.25) is 0 Å². The first kappa shape index (κ1) is 12.2. The van der Waals surface area contributed by atoms with E-state index in [0.717, 1.165) is 6.54 Å². The summed E-state index contributed by atoms with van der Waals surface area (Å²) in [5.74, 6) is 0.629. The van der Waals surface area contributed by atoms with Crippen molar-refractivity contribution in [2.75, 3.05) is 6.54 Å². The zero-order valence-electron chi connectivity index (χ0n) is 9.23. The largest absolute Gasteiger partial charge is 0.309 e. The van der Waals surface area contributed by atoms with Gasteiger partial charge in [0.15, 0.2) is 0 Å². The molecule has 0 aliphatic heterocycles. The summed E-state index contributed by atoms with van der Waals surface area (Å²) in [5.41, 5.74) is 0. The van der Waals surface area contributed by atoms with Crippen molar-refractivity contribution in [2.45, 2.75) is 33.7 Å². The Kier molecular flexibility index (Phi) is 4.61. The third-order valence-corrected chi connectivity index (χ3v) is 4.26. The van der Waals surface area contributed by atoms with E-state index in [1.807, 2.05) is 11.3 Å². The molecular formula is C11H18BrNS. The molecule has 0 fully saturated rings. The van der Waals surface area contributed by atoms with Gasteiger partial charge in [0.1, 0.15) is 0 Å². The van der Waals surface area contributed by atoms with Crippen molar-refractivity contribution in [3.8, 4) is 0 Å². The summed E-state index contributed by atoms with van der Waals surface area (Å²) in [4.78, 5) is 2.80. The van der Waals surface area contributed by atoms with Gasteiger partial charge in [-0.1, -0.05) is 20.8 Å². The first-order chi connectivity index (χ1) is 6.56. The highest BCUT2D eigenvalue weighted by atomic mass is 79.9. The summed E-state index contributed by atoms with van der Waals surface area (Å²) in [6, 6.07) is 2.68. The summed E-state index contributed by atoms with van der Waals surface area (Å²) in [6.45, 7) is 9.85. The van der Waals surface area contributed by atoms with Crippen LogP contribution in [0.4, 0.5) is 0 Å². The second kappa shape index (κ2) is 5.29. The van der Waals surface area contributed by atoms with Crippen LogP contribution in [0.1, 0.15) is 36.6 Å². The van der Waals surface area contributed by atoms with Gasteiger partial charge in [0, 0.05) is 20.3 Å². The van der Waals surface area contributed by atoms with E-state index in [1.165, 1.54) is 14.2 Å². The predicted octanol–water partition coefficient (Wildman–Crippen LogP) is 4.13. The molecule has 3 heteroatoms. The fourth-order valence-corrected chi connectivity index (χ4v) is 3.71. The zero-order valence-corrected chi connectivity index (χ0v) is 11.6. The number of hydrogen-bond acceptors (Lipinski definition) is 2. The molecule has 1 atom stereocenters. The number of nitrogens with one attached hydrogen (secondary N) is 1. The topological polar surface area (TPSA) is 12.0 Å². The fraction of sp³-hybridized carbons (Fsp3) is 0.636. The number of aryl methyl sites for hydroxylation is 1. The molecule has 1 aromatic rings. The van der Waals surface area contributed by atoms with Crippen LogP contribution in [0.2, 0.25) is 0 Å². The van der Waals surface area contributed by atoms with Crippen LogP contribution in [0.3, 0.4) is 0 Å². The lowest BCUT2D eigenvalue weighted by atomic mass is 10.0. The maximum atomic E-state index is 3.63. The Balaban J connectivity index is 2.92. The molecule has 1 nitrogen and oxygen atoms in total. The number of rotatable bonds is 4. The predicted molar refractivity (Wildman–Crippen MR) is 68.0 cm³/mol. The molecule has 0 saturated carbocycles. The Morgan fingerprint density at radius 3 is 2.50 bits per heavy atom. The smallest absolute Gasteiger partial charge is 0.0449 e. The molecule has 0 spiro atoms. The summed E-state index contributed by atoms with van der Waals surface area (Å²) in [7, 11) is 0. The highest BCUT2D eigenvalue weighted by molar-refractivity contribution is 9.10. The van der Waals surface area contributed by atoms with Gasteiger partial charge in [-0.15, -0.1) is 11.3 Å². The average Bonchev–Trinajstić information content (AvgIpc) is 2.40. The Hall–Kier alpha value is 0.140. The molecule has 1 unspecified atom stereocenters. The number of halogens is 1. The highest BCUT2D eigenvalue weighted by Crippen LogP contribution is 2.35. The molecule has 0 bridgehead atoms. The van der Waals surface area contributed by atoms with Crippen molar-refractivity contribution in [1.29, 1.82) is 0 Å². The Bertz CT molecular complexity index is 293. The average molecular weight is 276 g/mol. The molecule has 80 valence electrons. The second-order valence-electron chi connectivity index (χ2n) is 3.85. The first-order valence-electron chi connectivity index (χ1n) is 5.05. The highest BCUT2D eigenvalue weighted by Gasteiger charge is 2.19. The minimum atomic E-state index is 0.480. The quantitative estimate of drug-likeness (QED) is 0.872. The van der Waals surface area contributed by atoms with E-state index < -0.39 is 0 Å². The molecule has 1 N–H and O–H groups in total. The summed E-state index contributed by atoms with van der Waals surface area (Å²) < 4.78 is 1.25. The van der Waals surface area contributed by atoms with E-state index in [4.69, 9.17) is 0 Å². The van der Waals surface area contributed by atoms with E-state index in [-0.39, 0.29) is 0 Å². The van der Waals surface area contributed by atoms with Crippen LogP contribution < -0.4 is 5.32 Å². The van der Waals surface area contributed by atoms with Crippen LogP contribution in [0.5, 0.6) is 0 Å². The molecule has 0 aliphatic carbocycles. The Labute approximate surface area is 99.0 Å². The maximum Gasteiger partial charge on any atom is 0.0449 e. The Morgan fingerprint density at radius 2 is 2.14 bits per heavy atom. The van der Waals surface area contributed by atoms with Crippen LogP contribution in [0.25, 0.3) is 0 Å². The van der Waals surface area contributed by atoms with E-state index in [1.54, 1.807) is 0 Å². The number of hydrogen-bond donors (Lipinski definition) is 1. The van der Waals surface area contributed by atoms with Crippen molar-refractivity contribution < 1.29 is 0 Å². The van der Waals surface area contributed by atoms with E-state index in [2.05, 4.69) is 55.0 Å². The van der Waals surface area contributed by atoms with Crippen molar-refractivity contribution in [3.05, 3.63) is 20.3 Å². The van der Waals surface area contributed by atoms with Crippen LogP contribution in [-0.2, 0) is 0 Å². The van der Waals surface area contributed by atoms with Gasteiger partial charge in [-0.25, -0.2) is 0 Å². The molecule has 14 heavy (non-hydrogen) atoms. The number of thiophene rings is 1. The van der Waals surface area contributed by atoms with Crippen LogP contribution in [0.15, 0.2) is 10.5 Å². The van der Waals surface area contributed by atoms with E-state index in [0.29, 0.717) is 12.0 Å². The molecule has 1 heterocycles. The van der Waals surface area contributed by atoms with Crippen molar-refractivity contribution in [1.82, 2.24) is 5.32 Å². The minimum Gasteiger partial charge on any atom is -0.309 e. The Morgan fingerprint density at radius 1 is 1.50 bits per heavy atom. The summed E-state index contributed by atoms with van der Waals surface area (Å²) in [5, 5.41) is 3.53. The molecule has 0 aliphatic rings. The van der Waals surface area contributed by atoms with Crippen molar-refractivity contribution in [2.24, 2.45) is 5.92 Å². The maximum absolute atomic E-state index is 3.63. The minimum absolute atomic E-state index is 0.480. The molecular weight excluding hydrogens is 258 g/mol. The van der Waals surface area contributed by atoms with Gasteiger partial charge >= 0.3 is 0 Å². The second-order valence-corrected chi connectivity index (χ2v) is 5.99. The molecule has 1 rings (SSSR count). The van der Waals surface area contributed by atoms with Crippen LogP contribution >= 0.6 is 27.3 Å². The van der Waals surface area contributed by atoms with Gasteiger partial charge in [-0.2, -0.15) is 0 Å². The van der Waals surface area contributed by atoms with Crippen molar-refractivity contribution >= 4 is 27.3 Å². The fourth-order valence-electron chi connectivity index (χ4n) is 1.56. The van der Waals surface area contributed by atoms with Gasteiger partial charge in [0.25, 0.3) is 0 Å². The van der Waals surface area contributed by atoms with Gasteiger partial charge < -0.3 is 5.32 Å². The van der Waals surface area contributed by atoms with Crippen LogP contribution in [0, 0.1) is 12.8 Å². The summed E-state index contributed by atoms with van der Waals surface area (Å²) >= 11 is 5.51. The monoisotopic (exact) mass is 275 g/mol. The molecule has 0 aromatic carbocycles. The third-order valence-electron chi connectivity index (χ3n) is 2.21. The van der Waals surface area contributed by atoms with Gasteiger partial charge in [0.05, 0.1) is 0 Å².